The quantitative estimate of drug-likeness (QED) is 0.342. The zero-order valence-corrected chi connectivity index (χ0v) is 24.0. The van der Waals surface area contributed by atoms with Crippen LogP contribution in [0.1, 0.15) is 27.2 Å². The fourth-order valence-electron chi connectivity index (χ4n) is 5.37. The lowest BCUT2D eigenvalue weighted by molar-refractivity contribution is 0.0274. The monoisotopic (exact) mass is 571 g/mol. The Hall–Kier alpha value is -3.37. The highest BCUT2D eigenvalue weighted by atomic mass is 35.5. The van der Waals surface area contributed by atoms with Gasteiger partial charge in [0.2, 0.25) is 0 Å². The van der Waals surface area contributed by atoms with Gasteiger partial charge in [0.15, 0.2) is 11.5 Å². The topological polar surface area (TPSA) is 89.1 Å². The van der Waals surface area contributed by atoms with Crippen molar-refractivity contribution < 1.29 is 23.4 Å². The number of nitrogens with zero attached hydrogens (tertiary/aromatic N) is 4. The van der Waals surface area contributed by atoms with Crippen LogP contribution in [0, 0.1) is 17.7 Å². The minimum absolute atomic E-state index is 0.0241. The molecule has 0 saturated carbocycles. The van der Waals surface area contributed by atoms with Gasteiger partial charge in [-0.15, -0.1) is 0 Å². The molecule has 1 aromatic heterocycles. The number of carbonyl (C=O) groups is 1. The predicted octanol–water partition coefficient (Wildman–Crippen LogP) is 5.74. The number of rotatable bonds is 8. The lowest BCUT2D eigenvalue weighted by atomic mass is 10.0. The van der Waals surface area contributed by atoms with Crippen LogP contribution in [0.3, 0.4) is 0 Å². The minimum atomic E-state index is -0.486. The summed E-state index contributed by atoms with van der Waals surface area (Å²) in [7, 11) is 1.60. The summed E-state index contributed by atoms with van der Waals surface area (Å²) in [6.07, 6.45) is 2.09. The second kappa shape index (κ2) is 11.6. The number of hydrogen-bond donors (Lipinski definition) is 1. The fraction of sp³-hybridized carbons (Fsp3) is 0.483. The second-order valence-electron chi connectivity index (χ2n) is 11.4. The molecular formula is C29H35ClFN5O4. The number of anilines is 2. The Labute approximate surface area is 238 Å². The normalized spacial score (nSPS) is 19.1. The largest absolute Gasteiger partial charge is 0.493 e. The van der Waals surface area contributed by atoms with Crippen LogP contribution < -0.4 is 14.8 Å². The first-order valence-corrected chi connectivity index (χ1v) is 13.9. The summed E-state index contributed by atoms with van der Waals surface area (Å²) in [6, 6.07) is 8.07. The number of methoxy groups -OCH3 is 1. The van der Waals surface area contributed by atoms with Crippen molar-refractivity contribution in [1.29, 1.82) is 0 Å². The van der Waals surface area contributed by atoms with Crippen molar-refractivity contribution in [2.75, 3.05) is 51.8 Å². The fourth-order valence-corrected chi connectivity index (χ4v) is 5.55. The van der Waals surface area contributed by atoms with Gasteiger partial charge in [-0.1, -0.05) is 11.6 Å². The van der Waals surface area contributed by atoms with E-state index in [1.807, 2.05) is 37.8 Å². The zero-order valence-electron chi connectivity index (χ0n) is 23.2. The number of ether oxygens (including phenoxy) is 3. The smallest absolute Gasteiger partial charge is 0.410 e. The Morgan fingerprint density at radius 2 is 1.85 bits per heavy atom. The molecule has 0 spiro atoms. The SMILES string of the molecule is COc1cc2ncnc(Nc3ccc(F)c(Cl)c3)c2cc1OCCCN1CC2CN(C(=O)OC(C)(C)C)CC2C1. The standard InChI is InChI=1S/C29H35ClFN5O4/c1-29(2,3)40-28(37)36-15-18-13-35(14-19(18)16-36)8-5-9-39-26-11-21-24(12-25(26)38-4)32-17-33-27(21)34-20-6-7-23(31)22(30)10-20/h6-7,10-12,17-19H,5,8-9,13-16H2,1-4H3,(H,32,33,34). The van der Waals surface area contributed by atoms with Crippen LogP contribution in [0.5, 0.6) is 11.5 Å². The average Bonchev–Trinajstić information content (AvgIpc) is 3.47. The molecule has 1 amide bonds. The maximum atomic E-state index is 13.6. The van der Waals surface area contributed by atoms with Gasteiger partial charge in [-0.3, -0.25) is 0 Å². The van der Waals surface area contributed by atoms with Gasteiger partial charge in [0.1, 0.15) is 23.6 Å². The molecule has 11 heteroatoms. The third kappa shape index (κ3) is 6.50. The van der Waals surface area contributed by atoms with Crippen LogP contribution in [0.2, 0.25) is 5.02 Å². The van der Waals surface area contributed by atoms with Crippen molar-refractivity contribution >= 4 is 40.1 Å². The van der Waals surface area contributed by atoms with Crippen molar-refractivity contribution in [3.63, 3.8) is 0 Å². The van der Waals surface area contributed by atoms with Gasteiger partial charge in [-0.2, -0.15) is 0 Å². The molecule has 214 valence electrons. The van der Waals surface area contributed by atoms with Crippen molar-refractivity contribution in [1.82, 2.24) is 19.8 Å². The zero-order chi connectivity index (χ0) is 28.4. The van der Waals surface area contributed by atoms with Gasteiger partial charge in [0.05, 0.1) is 24.3 Å². The predicted molar refractivity (Wildman–Crippen MR) is 152 cm³/mol. The molecule has 0 radical (unpaired) electrons. The summed E-state index contributed by atoms with van der Waals surface area (Å²) < 4.78 is 30.8. The number of aromatic nitrogens is 2. The summed E-state index contributed by atoms with van der Waals surface area (Å²) in [6.45, 7) is 10.6. The van der Waals surface area contributed by atoms with E-state index in [1.165, 1.54) is 18.5 Å². The van der Waals surface area contributed by atoms with Crippen molar-refractivity contribution in [2.24, 2.45) is 11.8 Å². The minimum Gasteiger partial charge on any atom is -0.493 e. The van der Waals surface area contributed by atoms with E-state index in [9.17, 15) is 9.18 Å². The Kier molecular flexibility index (Phi) is 8.19. The Balaban J connectivity index is 1.16. The van der Waals surface area contributed by atoms with Gasteiger partial charge < -0.3 is 29.3 Å². The molecule has 0 bridgehead atoms. The molecule has 9 nitrogen and oxygen atoms in total. The van der Waals surface area contributed by atoms with E-state index in [0.717, 1.165) is 44.5 Å². The summed E-state index contributed by atoms with van der Waals surface area (Å²) in [4.78, 5) is 25.5. The van der Waals surface area contributed by atoms with Gasteiger partial charge in [0.25, 0.3) is 0 Å². The highest BCUT2D eigenvalue weighted by molar-refractivity contribution is 6.31. The third-order valence-electron chi connectivity index (χ3n) is 7.19. The molecule has 2 aromatic carbocycles. The number of fused-ring (bicyclic) bond motifs is 2. The van der Waals surface area contributed by atoms with Crippen molar-refractivity contribution in [3.05, 3.63) is 47.5 Å². The lowest BCUT2D eigenvalue weighted by Crippen LogP contribution is -2.37. The molecule has 2 fully saturated rings. The third-order valence-corrected chi connectivity index (χ3v) is 7.48. The molecule has 3 aromatic rings. The van der Waals surface area contributed by atoms with Crippen molar-refractivity contribution in [3.8, 4) is 11.5 Å². The number of likely N-dealkylation sites (tertiary alicyclic amines) is 2. The molecule has 2 unspecified atom stereocenters. The lowest BCUT2D eigenvalue weighted by Gasteiger charge is -2.26. The molecule has 40 heavy (non-hydrogen) atoms. The molecule has 2 aliphatic heterocycles. The molecule has 3 heterocycles. The number of nitrogens with one attached hydrogen (secondary N) is 1. The first-order chi connectivity index (χ1) is 19.1. The van der Waals surface area contributed by atoms with E-state index in [0.29, 0.717) is 47.0 Å². The number of hydrogen-bond acceptors (Lipinski definition) is 8. The number of halogens is 2. The second-order valence-corrected chi connectivity index (χ2v) is 11.8. The van der Waals surface area contributed by atoms with E-state index < -0.39 is 11.4 Å². The summed E-state index contributed by atoms with van der Waals surface area (Å²) in [5.41, 5.74) is 0.810. The molecule has 1 N–H and O–H groups in total. The number of carbonyl (C=O) groups excluding carboxylic acids is 1. The van der Waals surface area contributed by atoms with E-state index in [1.54, 1.807) is 13.2 Å². The first-order valence-electron chi connectivity index (χ1n) is 13.5. The van der Waals surface area contributed by atoms with E-state index in [-0.39, 0.29) is 11.1 Å². The van der Waals surface area contributed by atoms with Gasteiger partial charge >= 0.3 is 6.09 Å². The van der Waals surface area contributed by atoms with Crippen LogP contribution in [0.25, 0.3) is 10.9 Å². The molecule has 0 aliphatic carbocycles. The molecule has 2 aliphatic rings. The van der Waals surface area contributed by atoms with E-state index in [4.69, 9.17) is 25.8 Å². The molecule has 5 rings (SSSR count). The molecule has 2 atom stereocenters. The van der Waals surface area contributed by atoms with Crippen LogP contribution in [-0.4, -0.2) is 77.9 Å². The number of amides is 1. The van der Waals surface area contributed by atoms with Gasteiger partial charge in [-0.05, 0) is 63.3 Å². The molecular weight excluding hydrogens is 537 g/mol. The van der Waals surface area contributed by atoms with Crippen molar-refractivity contribution in [2.45, 2.75) is 32.8 Å². The maximum absolute atomic E-state index is 13.6. The van der Waals surface area contributed by atoms with Crippen LogP contribution in [0.4, 0.5) is 20.7 Å². The average molecular weight is 572 g/mol. The highest BCUT2D eigenvalue weighted by Gasteiger charge is 2.42. The maximum Gasteiger partial charge on any atom is 0.410 e. The van der Waals surface area contributed by atoms with Gasteiger partial charge in [0, 0.05) is 49.9 Å². The Bertz CT molecular complexity index is 1370. The first kappa shape index (κ1) is 28.2. The summed E-state index contributed by atoms with van der Waals surface area (Å²) >= 11 is 5.94. The summed E-state index contributed by atoms with van der Waals surface area (Å²) in [5.74, 6) is 2.20. The summed E-state index contributed by atoms with van der Waals surface area (Å²) in [5, 5.41) is 3.95. The van der Waals surface area contributed by atoms with Crippen LogP contribution >= 0.6 is 11.6 Å². The van der Waals surface area contributed by atoms with Crippen LogP contribution in [-0.2, 0) is 4.74 Å². The molecule has 2 saturated heterocycles. The van der Waals surface area contributed by atoms with Crippen LogP contribution in [0.15, 0.2) is 36.7 Å². The Morgan fingerprint density at radius 1 is 1.10 bits per heavy atom. The highest BCUT2D eigenvalue weighted by Crippen LogP contribution is 2.36. The Morgan fingerprint density at radius 3 is 2.52 bits per heavy atom. The van der Waals surface area contributed by atoms with Gasteiger partial charge in [-0.25, -0.2) is 19.2 Å². The number of benzene rings is 2. The van der Waals surface area contributed by atoms with E-state index in [2.05, 4.69) is 20.2 Å². The van der Waals surface area contributed by atoms with E-state index >= 15 is 0 Å².